The molecule has 2 aromatic heterocycles. The monoisotopic (exact) mass is 441 g/mol. The number of hydrogen-bond donors (Lipinski definition) is 1. The van der Waals surface area contributed by atoms with Gasteiger partial charge >= 0.3 is 0 Å². The maximum absolute atomic E-state index is 13.1. The Morgan fingerprint density at radius 3 is 2.82 bits per heavy atom. The van der Waals surface area contributed by atoms with Crippen LogP contribution < -0.4 is 10.1 Å². The van der Waals surface area contributed by atoms with Gasteiger partial charge in [0.05, 0.1) is 15.8 Å². The summed E-state index contributed by atoms with van der Waals surface area (Å²) < 4.78 is 20.3. The maximum atomic E-state index is 13.1. The SMILES string of the molecule is Cn1c(COc2ccc(F)cc2Cl)nnc1SCC(=O)Nc1ccc(Cl)cn1. The van der Waals surface area contributed by atoms with Gasteiger partial charge in [0.15, 0.2) is 11.0 Å². The van der Waals surface area contributed by atoms with Gasteiger partial charge in [0.25, 0.3) is 0 Å². The van der Waals surface area contributed by atoms with Crippen LogP contribution in [0.3, 0.4) is 0 Å². The van der Waals surface area contributed by atoms with Gasteiger partial charge in [-0.1, -0.05) is 35.0 Å². The first kappa shape index (κ1) is 20.4. The fourth-order valence-electron chi connectivity index (χ4n) is 2.09. The molecule has 0 aliphatic rings. The highest BCUT2D eigenvalue weighted by Crippen LogP contribution is 2.26. The van der Waals surface area contributed by atoms with Crippen molar-refractivity contribution in [1.82, 2.24) is 19.7 Å². The van der Waals surface area contributed by atoms with Crippen LogP contribution in [0.25, 0.3) is 0 Å². The Bertz CT molecular complexity index is 984. The van der Waals surface area contributed by atoms with Crippen LogP contribution in [0.1, 0.15) is 5.82 Å². The van der Waals surface area contributed by atoms with Crippen LogP contribution in [0, 0.1) is 5.82 Å². The van der Waals surface area contributed by atoms with Gasteiger partial charge in [-0.15, -0.1) is 10.2 Å². The van der Waals surface area contributed by atoms with E-state index in [-0.39, 0.29) is 23.3 Å². The first-order chi connectivity index (χ1) is 13.4. The first-order valence-electron chi connectivity index (χ1n) is 7.92. The molecule has 0 radical (unpaired) electrons. The number of nitrogens with zero attached hydrogens (tertiary/aromatic N) is 4. The lowest BCUT2D eigenvalue weighted by Crippen LogP contribution is -2.15. The molecule has 0 fully saturated rings. The van der Waals surface area contributed by atoms with Gasteiger partial charge in [-0.3, -0.25) is 4.79 Å². The number of ether oxygens (including phenoxy) is 1. The van der Waals surface area contributed by atoms with Gasteiger partial charge in [0.2, 0.25) is 5.91 Å². The van der Waals surface area contributed by atoms with Crippen LogP contribution in [0.4, 0.5) is 10.2 Å². The Morgan fingerprint density at radius 2 is 2.11 bits per heavy atom. The molecule has 0 bridgehead atoms. The molecule has 0 saturated carbocycles. The highest BCUT2D eigenvalue weighted by molar-refractivity contribution is 7.99. The highest BCUT2D eigenvalue weighted by Gasteiger charge is 2.13. The van der Waals surface area contributed by atoms with E-state index in [0.717, 1.165) is 0 Å². The lowest BCUT2D eigenvalue weighted by Gasteiger charge is -2.08. The number of nitrogens with one attached hydrogen (secondary N) is 1. The second-order valence-corrected chi connectivity index (χ2v) is 7.31. The number of thioether (sulfide) groups is 1. The summed E-state index contributed by atoms with van der Waals surface area (Å²) in [7, 11) is 1.76. The summed E-state index contributed by atoms with van der Waals surface area (Å²) in [6.07, 6.45) is 1.45. The molecule has 1 aromatic carbocycles. The third-order valence-corrected chi connectivity index (χ3v) is 5.04. The minimum absolute atomic E-state index is 0.0936. The van der Waals surface area contributed by atoms with Gasteiger partial charge < -0.3 is 14.6 Å². The third kappa shape index (κ3) is 5.34. The van der Waals surface area contributed by atoms with E-state index >= 15 is 0 Å². The zero-order valence-corrected chi connectivity index (χ0v) is 16.9. The zero-order valence-electron chi connectivity index (χ0n) is 14.5. The molecule has 2 heterocycles. The smallest absolute Gasteiger partial charge is 0.236 e. The second-order valence-electron chi connectivity index (χ2n) is 5.52. The Kier molecular flexibility index (Phi) is 6.71. The summed E-state index contributed by atoms with van der Waals surface area (Å²) in [6.45, 7) is 0.0936. The molecule has 146 valence electrons. The average Bonchev–Trinajstić information content (AvgIpc) is 3.01. The standard InChI is InChI=1S/C17H14Cl2FN5O2S/c1-25-15(8-27-13-4-3-11(20)6-12(13)19)23-24-17(25)28-9-16(26)22-14-5-2-10(18)7-21-14/h2-7H,8-9H2,1H3,(H,21,22,26). The minimum Gasteiger partial charge on any atom is -0.484 e. The predicted octanol–water partition coefficient (Wildman–Crippen LogP) is 3.97. The van der Waals surface area contributed by atoms with Crippen molar-refractivity contribution >= 4 is 46.7 Å². The molecule has 0 aliphatic carbocycles. The molecule has 0 atom stereocenters. The summed E-state index contributed by atoms with van der Waals surface area (Å²) in [5.74, 6) is 0.734. The van der Waals surface area contributed by atoms with Crippen molar-refractivity contribution in [3.63, 3.8) is 0 Å². The molecule has 0 aliphatic heterocycles. The number of amides is 1. The number of hydrogen-bond acceptors (Lipinski definition) is 6. The van der Waals surface area contributed by atoms with Gasteiger partial charge in [-0.25, -0.2) is 9.37 Å². The van der Waals surface area contributed by atoms with Crippen LogP contribution >= 0.6 is 35.0 Å². The first-order valence-corrected chi connectivity index (χ1v) is 9.67. The van der Waals surface area contributed by atoms with Gasteiger partial charge in [0.1, 0.15) is 24.0 Å². The summed E-state index contributed by atoms with van der Waals surface area (Å²) in [4.78, 5) is 16.0. The van der Waals surface area contributed by atoms with Crippen LogP contribution in [0.5, 0.6) is 5.75 Å². The Balaban J connectivity index is 1.54. The van der Waals surface area contributed by atoms with Crippen LogP contribution in [0.15, 0.2) is 41.7 Å². The molecule has 3 aromatic rings. The Hall–Kier alpha value is -2.36. The predicted molar refractivity (Wildman–Crippen MR) is 105 cm³/mol. The van der Waals surface area contributed by atoms with Crippen molar-refractivity contribution < 1.29 is 13.9 Å². The highest BCUT2D eigenvalue weighted by atomic mass is 35.5. The molecule has 7 nitrogen and oxygen atoms in total. The van der Waals surface area contributed by atoms with E-state index in [1.165, 1.54) is 36.2 Å². The lowest BCUT2D eigenvalue weighted by molar-refractivity contribution is -0.113. The van der Waals surface area contributed by atoms with Crippen molar-refractivity contribution in [2.75, 3.05) is 11.1 Å². The molecule has 0 unspecified atom stereocenters. The third-order valence-electron chi connectivity index (χ3n) is 3.50. The largest absolute Gasteiger partial charge is 0.484 e. The lowest BCUT2D eigenvalue weighted by atomic mass is 10.3. The number of anilines is 1. The molecule has 1 N–H and O–H groups in total. The maximum Gasteiger partial charge on any atom is 0.236 e. The van der Waals surface area contributed by atoms with Crippen LogP contribution in [-0.4, -0.2) is 31.4 Å². The molecular weight excluding hydrogens is 428 g/mol. The molecule has 1 amide bonds. The van der Waals surface area contributed by atoms with Crippen molar-refractivity contribution in [3.8, 4) is 5.75 Å². The average molecular weight is 442 g/mol. The molecule has 0 saturated heterocycles. The zero-order chi connectivity index (χ0) is 20.1. The number of carbonyl (C=O) groups is 1. The topological polar surface area (TPSA) is 81.9 Å². The van der Waals surface area contributed by atoms with Crippen molar-refractivity contribution in [3.05, 3.63) is 58.2 Å². The fourth-order valence-corrected chi connectivity index (χ4v) is 3.15. The summed E-state index contributed by atoms with van der Waals surface area (Å²) in [6, 6.07) is 7.12. The second kappa shape index (κ2) is 9.22. The normalized spacial score (nSPS) is 10.7. The molecular formula is C17H14Cl2FN5O2S. The van der Waals surface area contributed by atoms with E-state index in [1.54, 1.807) is 23.7 Å². The van der Waals surface area contributed by atoms with Gasteiger partial charge in [-0.05, 0) is 30.3 Å². The molecule has 0 spiro atoms. The van der Waals surface area contributed by atoms with Crippen LogP contribution in [-0.2, 0) is 18.4 Å². The van der Waals surface area contributed by atoms with Crippen molar-refractivity contribution in [1.29, 1.82) is 0 Å². The van der Waals surface area contributed by atoms with Gasteiger partial charge in [-0.2, -0.15) is 0 Å². The quantitative estimate of drug-likeness (QED) is 0.558. The molecule has 28 heavy (non-hydrogen) atoms. The Labute approximate surface area is 174 Å². The van der Waals surface area contributed by atoms with E-state index < -0.39 is 5.82 Å². The van der Waals surface area contributed by atoms with E-state index in [9.17, 15) is 9.18 Å². The van der Waals surface area contributed by atoms with Crippen molar-refractivity contribution in [2.24, 2.45) is 7.05 Å². The number of rotatable bonds is 7. The van der Waals surface area contributed by atoms with Crippen molar-refractivity contribution in [2.45, 2.75) is 11.8 Å². The number of aromatic nitrogens is 4. The summed E-state index contributed by atoms with van der Waals surface area (Å²) >= 11 is 12.9. The molecule has 3 rings (SSSR count). The minimum atomic E-state index is -0.443. The fraction of sp³-hybridized carbons (Fsp3) is 0.176. The number of halogens is 3. The number of pyridine rings is 1. The number of carbonyl (C=O) groups excluding carboxylic acids is 1. The van der Waals surface area contributed by atoms with E-state index in [1.807, 2.05) is 0 Å². The number of benzene rings is 1. The Morgan fingerprint density at radius 1 is 1.29 bits per heavy atom. The molecule has 11 heteroatoms. The van der Waals surface area contributed by atoms with E-state index in [2.05, 4.69) is 20.5 Å². The van der Waals surface area contributed by atoms with Crippen LogP contribution in [0.2, 0.25) is 10.0 Å². The van der Waals surface area contributed by atoms with E-state index in [0.29, 0.717) is 27.6 Å². The van der Waals surface area contributed by atoms with Gasteiger partial charge in [0, 0.05) is 13.2 Å². The summed E-state index contributed by atoms with van der Waals surface area (Å²) in [5, 5.41) is 12.0. The van der Waals surface area contributed by atoms with E-state index in [4.69, 9.17) is 27.9 Å². The summed E-state index contributed by atoms with van der Waals surface area (Å²) in [5.41, 5.74) is 0.